The van der Waals surface area contributed by atoms with Crippen molar-refractivity contribution in [2.75, 3.05) is 38.2 Å². The van der Waals surface area contributed by atoms with Crippen LogP contribution in [0, 0.1) is 0 Å². The summed E-state index contributed by atoms with van der Waals surface area (Å²) in [5, 5.41) is 4.09. The third-order valence-corrected chi connectivity index (χ3v) is 4.26. The van der Waals surface area contributed by atoms with Gasteiger partial charge < -0.3 is 14.5 Å². The van der Waals surface area contributed by atoms with Crippen LogP contribution in [0.5, 0.6) is 5.88 Å². The van der Waals surface area contributed by atoms with E-state index in [1.54, 1.807) is 18.1 Å². The van der Waals surface area contributed by atoms with Crippen LogP contribution in [0.25, 0.3) is 0 Å². The molecule has 0 aliphatic carbocycles. The molecule has 0 spiro atoms. The fourth-order valence-electron chi connectivity index (χ4n) is 2.80. The van der Waals surface area contributed by atoms with Crippen LogP contribution in [0.2, 0.25) is 0 Å². The predicted molar refractivity (Wildman–Crippen MR) is 90.2 cm³/mol. The topological polar surface area (TPSA) is 105 Å². The standard InChI is InChI=1S/C15H20N6O4/c1-18-9-10(13(17-18)25-3)14(23)21-6-4-20(5-7-21)11-8-12(22)19(2)15(24)16-11/h8-9H,4-7H2,1-3H3,(H,16,24). The van der Waals surface area contributed by atoms with Gasteiger partial charge in [-0.15, -0.1) is 5.10 Å². The molecule has 2 aromatic rings. The minimum Gasteiger partial charge on any atom is -0.479 e. The predicted octanol–water partition coefficient (Wildman–Crippen LogP) is -1.22. The number of aromatic nitrogens is 4. The number of methoxy groups -OCH3 is 1. The van der Waals surface area contributed by atoms with E-state index < -0.39 is 5.69 Å². The number of aromatic amines is 1. The minimum atomic E-state index is -0.457. The Hall–Kier alpha value is -3.04. The summed E-state index contributed by atoms with van der Waals surface area (Å²) in [6.45, 7) is 1.96. The van der Waals surface area contributed by atoms with E-state index in [0.717, 1.165) is 4.57 Å². The monoisotopic (exact) mass is 348 g/mol. The number of hydrogen-bond acceptors (Lipinski definition) is 6. The molecule has 2 aromatic heterocycles. The van der Waals surface area contributed by atoms with Crippen molar-refractivity contribution in [3.05, 3.63) is 38.7 Å². The van der Waals surface area contributed by atoms with Gasteiger partial charge in [-0.05, 0) is 0 Å². The molecule has 10 nitrogen and oxygen atoms in total. The number of carbonyl (C=O) groups excluding carboxylic acids is 1. The Labute approximate surface area is 143 Å². The van der Waals surface area contributed by atoms with Crippen LogP contribution in [0.3, 0.4) is 0 Å². The molecule has 25 heavy (non-hydrogen) atoms. The minimum absolute atomic E-state index is 0.151. The summed E-state index contributed by atoms with van der Waals surface area (Å²) in [7, 11) is 4.62. The summed E-state index contributed by atoms with van der Waals surface area (Å²) >= 11 is 0. The molecule has 0 atom stereocenters. The number of amides is 1. The van der Waals surface area contributed by atoms with Crippen LogP contribution in [0.4, 0.5) is 5.82 Å². The van der Waals surface area contributed by atoms with Gasteiger partial charge in [-0.25, -0.2) is 4.79 Å². The number of aryl methyl sites for hydroxylation is 1. The number of hydrogen-bond donors (Lipinski definition) is 1. The average Bonchev–Trinajstić information content (AvgIpc) is 2.99. The van der Waals surface area contributed by atoms with Gasteiger partial charge in [0.25, 0.3) is 11.5 Å². The van der Waals surface area contributed by atoms with Crippen molar-refractivity contribution in [3.8, 4) is 5.88 Å². The van der Waals surface area contributed by atoms with E-state index in [4.69, 9.17) is 4.74 Å². The highest BCUT2D eigenvalue weighted by Gasteiger charge is 2.26. The van der Waals surface area contributed by atoms with Crippen molar-refractivity contribution in [1.29, 1.82) is 0 Å². The quantitative estimate of drug-likeness (QED) is 0.745. The number of anilines is 1. The second-order valence-corrected chi connectivity index (χ2v) is 5.86. The number of H-pyrrole nitrogens is 1. The first-order valence-electron chi connectivity index (χ1n) is 7.83. The van der Waals surface area contributed by atoms with Crippen molar-refractivity contribution >= 4 is 11.7 Å². The third kappa shape index (κ3) is 3.14. The smallest absolute Gasteiger partial charge is 0.329 e. The van der Waals surface area contributed by atoms with Gasteiger partial charge in [0.1, 0.15) is 11.4 Å². The summed E-state index contributed by atoms with van der Waals surface area (Å²) in [4.78, 5) is 42.4. The molecule has 1 fully saturated rings. The Balaban J connectivity index is 1.72. The molecule has 10 heteroatoms. The molecular weight excluding hydrogens is 328 g/mol. The van der Waals surface area contributed by atoms with Crippen molar-refractivity contribution < 1.29 is 9.53 Å². The highest BCUT2D eigenvalue weighted by molar-refractivity contribution is 5.96. The van der Waals surface area contributed by atoms with Crippen molar-refractivity contribution in [1.82, 2.24) is 24.2 Å². The highest BCUT2D eigenvalue weighted by Crippen LogP contribution is 2.19. The van der Waals surface area contributed by atoms with Crippen molar-refractivity contribution in [2.45, 2.75) is 0 Å². The Morgan fingerprint density at radius 3 is 2.48 bits per heavy atom. The average molecular weight is 348 g/mol. The number of nitrogens with zero attached hydrogens (tertiary/aromatic N) is 5. The lowest BCUT2D eigenvalue weighted by Gasteiger charge is -2.35. The maximum absolute atomic E-state index is 12.7. The van der Waals surface area contributed by atoms with Gasteiger partial charge in [0.15, 0.2) is 0 Å². The van der Waals surface area contributed by atoms with Gasteiger partial charge >= 0.3 is 5.69 Å². The zero-order valence-corrected chi connectivity index (χ0v) is 14.4. The highest BCUT2D eigenvalue weighted by atomic mass is 16.5. The molecule has 1 saturated heterocycles. The lowest BCUT2D eigenvalue weighted by molar-refractivity contribution is 0.0743. The fraction of sp³-hybridized carbons (Fsp3) is 0.467. The molecule has 1 amide bonds. The van der Waals surface area contributed by atoms with E-state index in [-0.39, 0.29) is 11.5 Å². The normalized spacial score (nSPS) is 14.7. The molecule has 1 N–H and O–H groups in total. The molecule has 3 heterocycles. The molecular formula is C15H20N6O4. The molecule has 1 aliphatic heterocycles. The number of rotatable bonds is 3. The Bertz CT molecular complexity index is 872. The fourth-order valence-corrected chi connectivity index (χ4v) is 2.80. The Kier molecular flexibility index (Phi) is 4.34. The Morgan fingerprint density at radius 1 is 1.20 bits per heavy atom. The SMILES string of the molecule is COc1nn(C)cc1C(=O)N1CCN(c2cc(=O)n(C)c(=O)[nH]2)CC1. The number of ether oxygens (including phenoxy) is 1. The van der Waals surface area contributed by atoms with Crippen LogP contribution in [-0.4, -0.2) is 63.4 Å². The Morgan fingerprint density at radius 2 is 1.88 bits per heavy atom. The van der Waals surface area contributed by atoms with Crippen LogP contribution in [0.1, 0.15) is 10.4 Å². The first-order chi connectivity index (χ1) is 11.9. The van der Waals surface area contributed by atoms with Crippen LogP contribution in [-0.2, 0) is 14.1 Å². The second kappa shape index (κ2) is 6.46. The summed E-state index contributed by atoms with van der Waals surface area (Å²) in [5.74, 6) is 0.618. The third-order valence-electron chi connectivity index (χ3n) is 4.26. The lowest BCUT2D eigenvalue weighted by atomic mass is 10.2. The summed E-state index contributed by atoms with van der Waals surface area (Å²) in [6, 6.07) is 1.39. The summed E-state index contributed by atoms with van der Waals surface area (Å²) in [5.41, 5.74) is -0.404. The number of nitrogens with one attached hydrogen (secondary N) is 1. The molecule has 0 aromatic carbocycles. The molecule has 1 aliphatic rings. The van der Waals surface area contributed by atoms with E-state index in [1.165, 1.54) is 24.9 Å². The summed E-state index contributed by atoms with van der Waals surface area (Å²) < 4.78 is 7.69. The molecule has 0 unspecified atom stereocenters. The van der Waals surface area contributed by atoms with Crippen LogP contribution < -0.4 is 20.9 Å². The number of piperazine rings is 1. The molecule has 0 radical (unpaired) electrons. The van der Waals surface area contributed by atoms with Gasteiger partial charge in [-0.3, -0.25) is 23.8 Å². The second-order valence-electron chi connectivity index (χ2n) is 5.86. The van der Waals surface area contributed by atoms with Crippen LogP contribution >= 0.6 is 0 Å². The first kappa shape index (κ1) is 16.8. The van der Waals surface area contributed by atoms with Crippen LogP contribution in [0.15, 0.2) is 21.9 Å². The van der Waals surface area contributed by atoms with E-state index in [9.17, 15) is 14.4 Å². The van der Waals surface area contributed by atoms with E-state index >= 15 is 0 Å². The van der Waals surface area contributed by atoms with Gasteiger partial charge in [0.2, 0.25) is 5.88 Å². The van der Waals surface area contributed by atoms with Gasteiger partial charge in [-0.2, -0.15) is 0 Å². The van der Waals surface area contributed by atoms with Crippen molar-refractivity contribution in [3.63, 3.8) is 0 Å². The van der Waals surface area contributed by atoms with Crippen molar-refractivity contribution in [2.24, 2.45) is 14.1 Å². The van der Waals surface area contributed by atoms with Gasteiger partial charge in [-0.1, -0.05) is 0 Å². The molecule has 134 valence electrons. The molecule has 0 saturated carbocycles. The maximum Gasteiger partial charge on any atom is 0.329 e. The zero-order chi connectivity index (χ0) is 18.1. The van der Waals surface area contributed by atoms with E-state index in [1.807, 2.05) is 4.90 Å². The zero-order valence-electron chi connectivity index (χ0n) is 14.4. The van der Waals surface area contributed by atoms with Gasteiger partial charge in [0.05, 0.1) is 7.11 Å². The maximum atomic E-state index is 12.7. The lowest BCUT2D eigenvalue weighted by Crippen LogP contribution is -2.50. The molecule has 0 bridgehead atoms. The van der Waals surface area contributed by atoms with Gasteiger partial charge in [0, 0.05) is 52.5 Å². The largest absolute Gasteiger partial charge is 0.479 e. The van der Waals surface area contributed by atoms with E-state index in [0.29, 0.717) is 43.4 Å². The molecule has 3 rings (SSSR count). The number of carbonyl (C=O) groups is 1. The summed E-state index contributed by atoms with van der Waals surface area (Å²) in [6.07, 6.45) is 1.63. The first-order valence-corrected chi connectivity index (χ1v) is 7.83. The van der Waals surface area contributed by atoms with E-state index in [2.05, 4.69) is 10.1 Å².